The van der Waals surface area contributed by atoms with Crippen LogP contribution in [0.3, 0.4) is 0 Å². The number of ether oxygens (including phenoxy) is 5. The van der Waals surface area contributed by atoms with E-state index in [-0.39, 0.29) is 23.4 Å². The van der Waals surface area contributed by atoms with Crippen LogP contribution in [0.2, 0.25) is 0 Å². The highest BCUT2D eigenvalue weighted by molar-refractivity contribution is 5.96. The molecule has 0 bridgehead atoms. The van der Waals surface area contributed by atoms with Crippen LogP contribution in [0.5, 0.6) is 5.75 Å². The van der Waals surface area contributed by atoms with Gasteiger partial charge >= 0.3 is 23.7 Å². The third-order valence-corrected chi connectivity index (χ3v) is 4.73. The third-order valence-electron chi connectivity index (χ3n) is 4.73. The van der Waals surface area contributed by atoms with E-state index in [1.807, 2.05) is 0 Å². The molecule has 3 N–H and O–H groups in total. The van der Waals surface area contributed by atoms with Gasteiger partial charge in [0, 0.05) is 31.2 Å². The fourth-order valence-corrected chi connectivity index (χ4v) is 2.87. The molecule has 216 valence electrons. The number of rotatable bonds is 17. The molecule has 0 spiro atoms. The summed E-state index contributed by atoms with van der Waals surface area (Å²) in [4.78, 5) is 46.6. The zero-order chi connectivity index (χ0) is 28.7. The van der Waals surface area contributed by atoms with Crippen LogP contribution in [-0.2, 0) is 28.5 Å². The number of nitrogens with one attached hydrogen (secondary N) is 1. The van der Waals surface area contributed by atoms with Gasteiger partial charge in [0.2, 0.25) is 0 Å². The van der Waals surface area contributed by atoms with E-state index in [0.29, 0.717) is 58.0 Å². The van der Waals surface area contributed by atoms with Crippen molar-refractivity contribution < 1.29 is 55.7 Å². The number of fused-ring (bicyclic) bond motifs is 1. The van der Waals surface area contributed by atoms with E-state index in [1.165, 1.54) is 24.3 Å². The van der Waals surface area contributed by atoms with Gasteiger partial charge in [-0.25, -0.2) is 14.4 Å². The zero-order valence-corrected chi connectivity index (χ0v) is 20.9. The molecule has 2 rings (SSSR count). The summed E-state index contributed by atoms with van der Waals surface area (Å²) >= 11 is 0. The molecule has 1 amide bonds. The second-order valence-electron chi connectivity index (χ2n) is 7.78. The fraction of sp³-hybridized carbons (Fsp3) is 0.500. The van der Waals surface area contributed by atoms with Crippen LogP contribution in [0.4, 0.5) is 13.2 Å². The van der Waals surface area contributed by atoms with Gasteiger partial charge in [0.25, 0.3) is 5.91 Å². The molecule has 12 nitrogen and oxygen atoms in total. The summed E-state index contributed by atoms with van der Waals surface area (Å²) in [5.41, 5.74) is 4.17. The summed E-state index contributed by atoms with van der Waals surface area (Å²) in [6.07, 6.45) is -4.03. The Balaban J connectivity index is 1.72. The molecule has 15 heteroatoms. The first-order valence-corrected chi connectivity index (χ1v) is 11.9. The zero-order valence-electron chi connectivity index (χ0n) is 20.9. The lowest BCUT2D eigenvalue weighted by atomic mass is 10.1. The molecule has 0 saturated heterocycles. The first-order chi connectivity index (χ1) is 18.6. The number of hydrogen-bond donors (Lipinski definition) is 2. The highest BCUT2D eigenvalue weighted by Gasteiger charge is 2.42. The predicted octanol–water partition coefficient (Wildman–Crippen LogP) is 1.32. The Labute approximate surface area is 220 Å². The maximum absolute atomic E-state index is 12.4. The topological polar surface area (TPSA) is 166 Å². The Bertz CT molecular complexity index is 1150. The molecule has 1 heterocycles. The summed E-state index contributed by atoms with van der Waals surface area (Å²) in [7, 11) is 0. The molecule has 0 aliphatic carbocycles. The average molecular weight is 562 g/mol. The molecule has 39 heavy (non-hydrogen) atoms. The van der Waals surface area contributed by atoms with Crippen molar-refractivity contribution in [3.05, 3.63) is 40.2 Å². The van der Waals surface area contributed by atoms with E-state index in [2.05, 4.69) is 10.1 Å². The number of alkyl halides is 3. The van der Waals surface area contributed by atoms with Gasteiger partial charge in [-0.2, -0.15) is 13.2 Å². The Morgan fingerprint density at radius 2 is 1.56 bits per heavy atom. The third kappa shape index (κ3) is 11.8. The number of esters is 2. The number of halogens is 3. The molecule has 0 radical (unpaired) electrons. The number of carbonyl (C=O) groups excluding carboxylic acids is 3. The molecule has 0 saturated carbocycles. The highest BCUT2D eigenvalue weighted by Crippen LogP contribution is 2.21. The SMILES string of the molecule is NCCCOCCOCCOCCCNC(=O)c1cc2ccc(OCC(=O)OC(=O)C(F)(F)F)cc2oc1=O. The summed E-state index contributed by atoms with van der Waals surface area (Å²) in [6.45, 7) is 2.51. The summed E-state index contributed by atoms with van der Waals surface area (Å²) in [5.74, 6) is -4.94. The molecule has 0 atom stereocenters. The van der Waals surface area contributed by atoms with Crippen molar-refractivity contribution in [1.82, 2.24) is 5.32 Å². The average Bonchev–Trinajstić information content (AvgIpc) is 2.88. The van der Waals surface area contributed by atoms with Gasteiger partial charge in [-0.05, 0) is 37.6 Å². The van der Waals surface area contributed by atoms with Crippen LogP contribution in [0, 0.1) is 0 Å². The molecule has 0 aliphatic rings. The fourth-order valence-electron chi connectivity index (χ4n) is 2.87. The molecular formula is C24H29F3N2O10. The molecule has 1 aromatic heterocycles. The number of hydrogen-bond acceptors (Lipinski definition) is 11. The van der Waals surface area contributed by atoms with Crippen molar-refractivity contribution >= 4 is 28.8 Å². The minimum Gasteiger partial charge on any atom is -0.482 e. The predicted molar refractivity (Wildman–Crippen MR) is 128 cm³/mol. The van der Waals surface area contributed by atoms with Crippen LogP contribution in [0.1, 0.15) is 23.2 Å². The van der Waals surface area contributed by atoms with Crippen molar-refractivity contribution in [2.45, 2.75) is 19.0 Å². The summed E-state index contributed by atoms with van der Waals surface area (Å²) < 4.78 is 66.1. The molecule has 0 unspecified atom stereocenters. The Hall–Kier alpha value is -3.53. The van der Waals surface area contributed by atoms with Crippen LogP contribution >= 0.6 is 0 Å². The quantitative estimate of drug-likeness (QED) is 0.124. The minimum atomic E-state index is -5.32. The lowest BCUT2D eigenvalue weighted by Gasteiger charge is -2.09. The Kier molecular flexibility index (Phi) is 13.4. The van der Waals surface area contributed by atoms with E-state index in [4.69, 9.17) is 29.1 Å². The lowest BCUT2D eigenvalue weighted by Crippen LogP contribution is -2.30. The largest absolute Gasteiger partial charge is 0.491 e. The van der Waals surface area contributed by atoms with Gasteiger partial charge in [0.15, 0.2) is 6.61 Å². The van der Waals surface area contributed by atoms with Crippen molar-refractivity contribution in [1.29, 1.82) is 0 Å². The van der Waals surface area contributed by atoms with Gasteiger partial charge in [-0.15, -0.1) is 0 Å². The smallest absolute Gasteiger partial charge is 0.482 e. The highest BCUT2D eigenvalue weighted by atomic mass is 19.4. The van der Waals surface area contributed by atoms with Crippen molar-refractivity contribution in [2.75, 3.05) is 59.3 Å². The first kappa shape index (κ1) is 31.7. The second kappa shape index (κ2) is 16.4. The van der Waals surface area contributed by atoms with E-state index >= 15 is 0 Å². The van der Waals surface area contributed by atoms with Crippen LogP contribution in [0.25, 0.3) is 11.0 Å². The van der Waals surface area contributed by atoms with E-state index in [0.717, 1.165) is 6.42 Å². The van der Waals surface area contributed by atoms with E-state index in [1.54, 1.807) is 0 Å². The van der Waals surface area contributed by atoms with Crippen molar-refractivity contribution in [3.63, 3.8) is 0 Å². The van der Waals surface area contributed by atoms with E-state index < -0.39 is 36.3 Å². The molecule has 0 aliphatic heterocycles. The number of carbonyl (C=O) groups is 3. The maximum atomic E-state index is 12.4. The van der Waals surface area contributed by atoms with Gasteiger partial charge in [-0.1, -0.05) is 0 Å². The summed E-state index contributed by atoms with van der Waals surface area (Å²) in [5, 5.41) is 2.93. The molecular weight excluding hydrogens is 533 g/mol. The normalized spacial score (nSPS) is 11.4. The Morgan fingerprint density at radius 3 is 2.21 bits per heavy atom. The maximum Gasteiger partial charge on any atom is 0.491 e. The second-order valence-corrected chi connectivity index (χ2v) is 7.78. The van der Waals surface area contributed by atoms with Crippen molar-refractivity contribution in [2.24, 2.45) is 5.73 Å². The summed E-state index contributed by atoms with van der Waals surface area (Å²) in [6, 6.07) is 5.20. The first-order valence-electron chi connectivity index (χ1n) is 11.9. The monoisotopic (exact) mass is 562 g/mol. The minimum absolute atomic E-state index is 0.00785. The molecule has 2 aromatic rings. The van der Waals surface area contributed by atoms with Gasteiger partial charge in [-0.3, -0.25) is 4.79 Å². The standard InChI is InChI=1S/C24H29F3N2O10/c25-24(26,27)23(33)39-20(30)15-37-17-4-3-16-13-18(22(32)38-19(16)14-17)21(31)29-6-2-8-35-10-12-36-11-9-34-7-1-5-28/h3-4,13-14H,1-2,5-12,15,28H2,(H,29,31). The van der Waals surface area contributed by atoms with Crippen LogP contribution in [-0.4, -0.2) is 83.4 Å². The number of nitrogens with two attached hydrogens (primary N) is 1. The van der Waals surface area contributed by atoms with Crippen LogP contribution < -0.4 is 21.4 Å². The van der Waals surface area contributed by atoms with Gasteiger partial charge in [0.1, 0.15) is 16.9 Å². The van der Waals surface area contributed by atoms with Crippen molar-refractivity contribution in [3.8, 4) is 5.75 Å². The van der Waals surface area contributed by atoms with Gasteiger partial charge < -0.3 is 39.2 Å². The lowest BCUT2D eigenvalue weighted by molar-refractivity contribution is -0.202. The molecule has 1 aromatic carbocycles. The van der Waals surface area contributed by atoms with E-state index in [9.17, 15) is 32.3 Å². The molecule has 0 fully saturated rings. The number of benzene rings is 1. The van der Waals surface area contributed by atoms with Gasteiger partial charge in [0.05, 0.1) is 26.4 Å². The number of amides is 1. The Morgan fingerprint density at radius 1 is 0.923 bits per heavy atom. The van der Waals surface area contributed by atoms with Crippen LogP contribution in [0.15, 0.2) is 33.5 Å².